The Balaban J connectivity index is 1.46. The van der Waals surface area contributed by atoms with Crippen LogP contribution < -0.4 is 9.47 Å². The van der Waals surface area contributed by atoms with Gasteiger partial charge < -0.3 is 33.6 Å². The van der Waals surface area contributed by atoms with Crippen LogP contribution in [0.5, 0.6) is 11.5 Å². The van der Waals surface area contributed by atoms with Crippen molar-refractivity contribution < 1.29 is 43.0 Å². The second-order valence-electron chi connectivity index (χ2n) is 10.6. The highest BCUT2D eigenvalue weighted by atomic mass is 32.1. The van der Waals surface area contributed by atoms with E-state index in [1.807, 2.05) is 0 Å². The molecule has 13 nitrogen and oxygen atoms in total. The number of nitrogens with zero attached hydrogens (tertiary/aromatic N) is 3. The Kier molecular flexibility index (Phi) is 8.76. The summed E-state index contributed by atoms with van der Waals surface area (Å²) in [6, 6.07) is 3.09. The number of carboxylic acid groups (broad SMARTS) is 1. The minimum Gasteiger partial charge on any atom is -0.484 e. The number of nitrogens with one attached hydrogen (secondary N) is 1. The predicted octanol–water partition coefficient (Wildman–Crippen LogP) is 2.57. The van der Waals surface area contributed by atoms with E-state index < -0.39 is 42.1 Å². The van der Waals surface area contributed by atoms with Crippen LogP contribution in [0, 0.1) is 4.84 Å². The number of carboxylic acids is 1. The Labute approximate surface area is 235 Å². The molecule has 0 unspecified atom stereocenters. The van der Waals surface area contributed by atoms with Gasteiger partial charge in [-0.15, -0.1) is 0 Å². The maximum absolute atomic E-state index is 13.0. The lowest BCUT2D eigenvalue weighted by Crippen LogP contribution is -2.45. The van der Waals surface area contributed by atoms with Crippen molar-refractivity contribution in [2.45, 2.75) is 64.1 Å². The molecule has 3 heterocycles. The summed E-state index contributed by atoms with van der Waals surface area (Å²) in [6.45, 7) is 5.30. The Hall–Kier alpha value is -3.94. The fraction of sp³-hybridized carbons (Fsp3) is 0.538. The normalized spacial score (nSPS) is 19.0. The summed E-state index contributed by atoms with van der Waals surface area (Å²) in [5, 5.41) is 11.9. The van der Waals surface area contributed by atoms with Gasteiger partial charge in [0, 0.05) is 24.7 Å². The van der Waals surface area contributed by atoms with Gasteiger partial charge in [-0.3, -0.25) is 9.59 Å². The van der Waals surface area contributed by atoms with E-state index in [4.69, 9.17) is 31.0 Å². The average molecular weight is 577 g/mol. The third-order valence-corrected chi connectivity index (χ3v) is 6.60. The fourth-order valence-electron chi connectivity index (χ4n) is 4.69. The zero-order valence-corrected chi connectivity index (χ0v) is 23.3. The maximum Gasteiger partial charge on any atom is 0.329 e. The summed E-state index contributed by atoms with van der Waals surface area (Å²) in [6.07, 6.45) is 2.16. The zero-order chi connectivity index (χ0) is 29.0. The first-order valence-electron chi connectivity index (χ1n) is 12.9. The minimum absolute atomic E-state index is 0.0230. The van der Waals surface area contributed by atoms with Crippen LogP contribution in [0.4, 0.5) is 0 Å². The molecule has 4 rings (SSSR count). The molecular formula is C26H32N4O9S. The molecule has 2 N–H and O–H groups in total. The Morgan fingerprint density at radius 3 is 2.05 bits per heavy atom. The summed E-state index contributed by atoms with van der Waals surface area (Å²) >= 11 is 4.93. The third-order valence-electron chi connectivity index (χ3n) is 6.43. The average Bonchev–Trinajstić information content (AvgIpc) is 3.65. The van der Waals surface area contributed by atoms with Crippen molar-refractivity contribution in [3.05, 3.63) is 23.0 Å². The number of aliphatic carboxylic acids is 1. The number of amides is 2. The molecule has 1 aromatic heterocycles. The zero-order valence-electron chi connectivity index (χ0n) is 22.5. The summed E-state index contributed by atoms with van der Waals surface area (Å²) in [5.74, 6) is -1.63. The van der Waals surface area contributed by atoms with E-state index in [0.717, 1.165) is 0 Å². The van der Waals surface area contributed by atoms with E-state index in [9.17, 15) is 24.3 Å². The van der Waals surface area contributed by atoms with Crippen molar-refractivity contribution in [2.24, 2.45) is 0 Å². The molecule has 2 aromatic rings. The summed E-state index contributed by atoms with van der Waals surface area (Å²) in [4.78, 5) is 56.5. The van der Waals surface area contributed by atoms with E-state index in [2.05, 4.69) is 10.1 Å². The quantitative estimate of drug-likeness (QED) is 0.333. The first-order valence-corrected chi connectivity index (χ1v) is 13.3. The van der Waals surface area contributed by atoms with E-state index >= 15 is 0 Å². The summed E-state index contributed by atoms with van der Waals surface area (Å²) in [5.41, 5.74) is -0.222. The monoisotopic (exact) mass is 576 g/mol. The number of H-pyrrole nitrogens is 1. The molecule has 216 valence electrons. The second-order valence-corrected chi connectivity index (χ2v) is 10.9. The number of aromatic amines is 1. The van der Waals surface area contributed by atoms with Gasteiger partial charge in [0.1, 0.15) is 29.2 Å². The van der Waals surface area contributed by atoms with E-state index in [0.29, 0.717) is 44.3 Å². The van der Waals surface area contributed by atoms with Crippen LogP contribution in [0.3, 0.4) is 0 Å². The number of rotatable bonds is 9. The van der Waals surface area contributed by atoms with Crippen molar-refractivity contribution in [3.63, 3.8) is 0 Å². The van der Waals surface area contributed by atoms with Crippen LogP contribution >= 0.6 is 12.2 Å². The van der Waals surface area contributed by atoms with Crippen molar-refractivity contribution in [2.75, 3.05) is 26.3 Å². The van der Waals surface area contributed by atoms with Crippen LogP contribution in [0.15, 0.2) is 22.7 Å². The van der Waals surface area contributed by atoms with Crippen LogP contribution in [0.1, 0.15) is 46.5 Å². The van der Waals surface area contributed by atoms with Gasteiger partial charge in [-0.25, -0.2) is 14.7 Å². The van der Waals surface area contributed by atoms with E-state index in [-0.39, 0.29) is 34.7 Å². The van der Waals surface area contributed by atoms with Crippen molar-refractivity contribution in [3.8, 4) is 22.9 Å². The molecule has 2 fully saturated rings. The van der Waals surface area contributed by atoms with Crippen molar-refractivity contribution in [1.82, 2.24) is 19.9 Å². The molecule has 2 atom stereocenters. The van der Waals surface area contributed by atoms with Gasteiger partial charge in [-0.2, -0.15) is 4.98 Å². The number of esters is 1. The Bertz CT molecular complexity index is 1330. The lowest BCUT2D eigenvalue weighted by molar-refractivity contribution is -0.163. The lowest BCUT2D eigenvalue weighted by atomic mass is 10.1. The van der Waals surface area contributed by atoms with Gasteiger partial charge >= 0.3 is 16.8 Å². The first-order chi connectivity index (χ1) is 18.9. The van der Waals surface area contributed by atoms with Crippen LogP contribution in [-0.2, 0) is 23.9 Å². The molecule has 2 amide bonds. The predicted molar refractivity (Wildman–Crippen MR) is 141 cm³/mol. The fourth-order valence-corrected chi connectivity index (χ4v) is 4.82. The molecule has 2 aliphatic heterocycles. The molecule has 0 saturated carbocycles. The number of hydrogen-bond acceptors (Lipinski definition) is 10. The Morgan fingerprint density at radius 2 is 1.55 bits per heavy atom. The van der Waals surface area contributed by atoms with E-state index in [1.54, 1.807) is 32.9 Å². The van der Waals surface area contributed by atoms with Crippen LogP contribution in [0.2, 0.25) is 0 Å². The molecule has 2 aliphatic rings. The molecule has 40 heavy (non-hydrogen) atoms. The number of carbonyl (C=O) groups is 4. The molecule has 0 spiro atoms. The highest BCUT2D eigenvalue weighted by Gasteiger charge is 2.37. The Morgan fingerprint density at radius 1 is 1.00 bits per heavy atom. The van der Waals surface area contributed by atoms with Gasteiger partial charge in [0.15, 0.2) is 19.0 Å². The number of carbonyl (C=O) groups excluding carboxylic acids is 3. The number of ether oxygens (including phenoxy) is 3. The van der Waals surface area contributed by atoms with Gasteiger partial charge in [0.25, 0.3) is 11.8 Å². The number of benzene rings is 1. The molecular weight excluding hydrogens is 544 g/mol. The number of hydrogen-bond donors (Lipinski definition) is 2. The molecule has 0 aliphatic carbocycles. The molecule has 2 saturated heterocycles. The highest BCUT2D eigenvalue weighted by Crippen LogP contribution is 2.29. The summed E-state index contributed by atoms with van der Waals surface area (Å²) in [7, 11) is 0. The second kappa shape index (κ2) is 12.1. The van der Waals surface area contributed by atoms with Gasteiger partial charge in [0.2, 0.25) is 0 Å². The first kappa shape index (κ1) is 29.1. The number of likely N-dealkylation sites (tertiary alicyclic amines) is 2. The van der Waals surface area contributed by atoms with E-state index in [1.165, 1.54) is 15.9 Å². The smallest absolute Gasteiger partial charge is 0.329 e. The van der Waals surface area contributed by atoms with Crippen molar-refractivity contribution >= 4 is 36.0 Å². The SMILES string of the molecule is CC(C)(C)OC(=O)[C@H]1CCCN1C(=O)COc1cc(OCC(=O)N2CCC[C@@H]2C(=O)O)cc(-c2nc(=S)o[nH]2)c1. The largest absolute Gasteiger partial charge is 0.484 e. The highest BCUT2D eigenvalue weighted by molar-refractivity contribution is 7.71. The lowest BCUT2D eigenvalue weighted by Gasteiger charge is -2.27. The maximum atomic E-state index is 13.0. The molecule has 0 bridgehead atoms. The number of aromatic nitrogens is 2. The van der Waals surface area contributed by atoms with Gasteiger partial charge in [-0.05, 0) is 70.8 Å². The third kappa shape index (κ3) is 7.17. The topological polar surface area (TPSA) is 165 Å². The molecule has 0 radical (unpaired) electrons. The van der Waals surface area contributed by atoms with Crippen LogP contribution in [-0.4, -0.2) is 92.8 Å². The molecule has 14 heteroatoms. The van der Waals surface area contributed by atoms with Gasteiger partial charge in [0.05, 0.1) is 0 Å². The molecule has 1 aromatic carbocycles. The minimum atomic E-state index is -1.05. The standard InChI is InChI=1S/C26H32N4O9S/c1-26(2,3)38-24(35)19-7-5-9-30(19)21(32)14-37-17-11-15(22-27-25(40)39-28-22)10-16(12-17)36-13-20(31)29-8-4-6-18(29)23(33)34/h10-12,18-19H,4-9,13-14H2,1-3H3,(H,33,34)(H,27,28,40)/t18-,19-/m1/s1. The van der Waals surface area contributed by atoms with Crippen LogP contribution in [0.25, 0.3) is 11.4 Å². The van der Waals surface area contributed by atoms with Crippen molar-refractivity contribution in [1.29, 1.82) is 0 Å². The summed E-state index contributed by atoms with van der Waals surface area (Å²) < 4.78 is 22.0. The van der Waals surface area contributed by atoms with Gasteiger partial charge in [-0.1, -0.05) is 0 Å².